The van der Waals surface area contributed by atoms with Crippen LogP contribution in [-0.4, -0.2) is 11.0 Å². The molecule has 1 heterocycles. The minimum atomic E-state index is -0.538. The van der Waals surface area contributed by atoms with Crippen molar-refractivity contribution in [3.63, 3.8) is 0 Å². The van der Waals surface area contributed by atoms with E-state index in [1.54, 1.807) is 6.20 Å². The minimum absolute atomic E-state index is 0.180. The summed E-state index contributed by atoms with van der Waals surface area (Å²) < 4.78 is 0.993. The van der Waals surface area contributed by atoms with Crippen LogP contribution in [0.1, 0.15) is 17.3 Å². The summed E-state index contributed by atoms with van der Waals surface area (Å²) in [5.41, 5.74) is 7.13. The zero-order valence-corrected chi connectivity index (χ0v) is 11.8. The lowest BCUT2D eigenvalue weighted by atomic mass is 10.0. The van der Waals surface area contributed by atoms with E-state index in [9.17, 15) is 4.79 Å². The smallest absolute Gasteiger partial charge is 0.312 e. The highest BCUT2D eigenvalue weighted by molar-refractivity contribution is 9.10. The molecule has 0 aliphatic carbocycles. The van der Waals surface area contributed by atoms with Crippen LogP contribution in [0.4, 0.5) is 4.79 Å². The van der Waals surface area contributed by atoms with Crippen molar-refractivity contribution in [2.45, 2.75) is 12.5 Å². The summed E-state index contributed by atoms with van der Waals surface area (Å²) in [7, 11) is 0. The fourth-order valence-electron chi connectivity index (χ4n) is 1.85. The molecule has 2 aromatic rings. The van der Waals surface area contributed by atoms with E-state index in [0.717, 1.165) is 15.7 Å². The van der Waals surface area contributed by atoms with Gasteiger partial charge in [-0.1, -0.05) is 34.1 Å². The normalized spacial score (nSPS) is 11.8. The van der Waals surface area contributed by atoms with Gasteiger partial charge in [0.1, 0.15) is 0 Å². The molecule has 5 heteroatoms. The number of primary amides is 1. The molecular formula is C14H14BrN3O. The molecule has 0 fully saturated rings. The van der Waals surface area contributed by atoms with Crippen LogP contribution in [0, 0.1) is 0 Å². The SMILES string of the molecule is NC(=O)NC(Cc1ccccn1)c1ccc(Br)cc1. The van der Waals surface area contributed by atoms with Gasteiger partial charge in [-0.05, 0) is 29.8 Å². The van der Waals surface area contributed by atoms with E-state index in [2.05, 4.69) is 26.2 Å². The van der Waals surface area contributed by atoms with Crippen LogP contribution in [0.2, 0.25) is 0 Å². The molecular weight excluding hydrogens is 306 g/mol. The van der Waals surface area contributed by atoms with Crippen molar-refractivity contribution in [2.24, 2.45) is 5.73 Å². The third kappa shape index (κ3) is 4.06. The van der Waals surface area contributed by atoms with E-state index in [4.69, 9.17) is 5.73 Å². The lowest BCUT2D eigenvalue weighted by Crippen LogP contribution is -2.34. The lowest BCUT2D eigenvalue weighted by molar-refractivity contribution is 0.245. The fourth-order valence-corrected chi connectivity index (χ4v) is 2.11. The molecule has 1 atom stereocenters. The Hall–Kier alpha value is -1.88. The number of nitrogens with one attached hydrogen (secondary N) is 1. The van der Waals surface area contributed by atoms with Crippen molar-refractivity contribution in [1.82, 2.24) is 10.3 Å². The van der Waals surface area contributed by atoms with Crippen LogP contribution < -0.4 is 11.1 Å². The second kappa shape index (κ2) is 6.33. The van der Waals surface area contributed by atoms with E-state index in [1.165, 1.54) is 0 Å². The van der Waals surface area contributed by atoms with Crippen molar-refractivity contribution >= 4 is 22.0 Å². The van der Waals surface area contributed by atoms with Gasteiger partial charge in [0.05, 0.1) is 6.04 Å². The van der Waals surface area contributed by atoms with Crippen molar-refractivity contribution in [3.8, 4) is 0 Å². The van der Waals surface area contributed by atoms with Gasteiger partial charge in [0, 0.05) is 22.8 Å². The van der Waals surface area contributed by atoms with E-state index in [-0.39, 0.29) is 6.04 Å². The molecule has 2 amide bonds. The maximum atomic E-state index is 11.1. The molecule has 2 rings (SSSR count). The molecule has 0 spiro atoms. The molecule has 1 aromatic carbocycles. The molecule has 3 N–H and O–H groups in total. The van der Waals surface area contributed by atoms with Gasteiger partial charge < -0.3 is 11.1 Å². The summed E-state index contributed by atoms with van der Waals surface area (Å²) >= 11 is 3.39. The number of hydrogen-bond acceptors (Lipinski definition) is 2. The van der Waals surface area contributed by atoms with Gasteiger partial charge in [-0.3, -0.25) is 4.98 Å². The Balaban J connectivity index is 2.20. The number of carbonyl (C=O) groups excluding carboxylic acids is 1. The number of halogens is 1. The first-order chi connectivity index (χ1) is 9.15. The summed E-state index contributed by atoms with van der Waals surface area (Å²) in [6.07, 6.45) is 2.34. The average Bonchev–Trinajstić information content (AvgIpc) is 2.39. The predicted octanol–water partition coefficient (Wildman–Crippen LogP) is 2.80. The third-order valence-corrected chi connectivity index (χ3v) is 3.26. The molecule has 0 aliphatic rings. The molecule has 4 nitrogen and oxygen atoms in total. The number of urea groups is 1. The first-order valence-electron chi connectivity index (χ1n) is 5.86. The number of pyridine rings is 1. The van der Waals surface area contributed by atoms with Crippen molar-refractivity contribution in [3.05, 3.63) is 64.4 Å². The molecule has 0 radical (unpaired) electrons. The first kappa shape index (κ1) is 13.5. The number of nitrogens with two attached hydrogens (primary N) is 1. The third-order valence-electron chi connectivity index (χ3n) is 2.73. The van der Waals surface area contributed by atoms with Crippen molar-refractivity contribution in [2.75, 3.05) is 0 Å². The zero-order valence-electron chi connectivity index (χ0n) is 10.2. The number of nitrogens with zero attached hydrogens (tertiary/aromatic N) is 1. The second-order valence-electron chi connectivity index (χ2n) is 4.14. The van der Waals surface area contributed by atoms with Crippen molar-refractivity contribution in [1.29, 1.82) is 0 Å². The molecule has 98 valence electrons. The highest BCUT2D eigenvalue weighted by atomic mass is 79.9. The molecule has 0 saturated carbocycles. The van der Waals surface area contributed by atoms with E-state index in [0.29, 0.717) is 6.42 Å². The Bertz CT molecular complexity index is 542. The summed E-state index contributed by atoms with van der Waals surface area (Å²) in [4.78, 5) is 15.4. The van der Waals surface area contributed by atoms with Crippen LogP contribution >= 0.6 is 15.9 Å². The number of rotatable bonds is 4. The summed E-state index contributed by atoms with van der Waals surface area (Å²) in [5.74, 6) is 0. The molecule has 1 unspecified atom stereocenters. The molecule has 1 aromatic heterocycles. The molecule has 0 saturated heterocycles. The Kier molecular flexibility index (Phi) is 4.52. The maximum Gasteiger partial charge on any atom is 0.312 e. The van der Waals surface area contributed by atoms with E-state index >= 15 is 0 Å². The average molecular weight is 320 g/mol. The highest BCUT2D eigenvalue weighted by Crippen LogP contribution is 2.20. The van der Waals surface area contributed by atoms with Gasteiger partial charge in [-0.15, -0.1) is 0 Å². The first-order valence-corrected chi connectivity index (χ1v) is 6.66. The monoisotopic (exact) mass is 319 g/mol. The van der Waals surface area contributed by atoms with Crippen LogP contribution in [-0.2, 0) is 6.42 Å². The topological polar surface area (TPSA) is 68.0 Å². The summed E-state index contributed by atoms with van der Waals surface area (Å²) in [6.45, 7) is 0. The Morgan fingerprint density at radius 1 is 1.26 bits per heavy atom. The number of amides is 2. The van der Waals surface area contributed by atoms with Gasteiger partial charge in [0.15, 0.2) is 0 Å². The van der Waals surface area contributed by atoms with E-state index in [1.807, 2.05) is 42.5 Å². The van der Waals surface area contributed by atoms with E-state index < -0.39 is 6.03 Å². The number of carbonyl (C=O) groups is 1. The molecule has 0 bridgehead atoms. The van der Waals surface area contributed by atoms with Gasteiger partial charge >= 0.3 is 6.03 Å². The number of hydrogen-bond donors (Lipinski definition) is 2. The lowest BCUT2D eigenvalue weighted by Gasteiger charge is -2.17. The predicted molar refractivity (Wildman–Crippen MR) is 77.5 cm³/mol. The van der Waals surface area contributed by atoms with Crippen LogP contribution in [0.5, 0.6) is 0 Å². The highest BCUT2D eigenvalue weighted by Gasteiger charge is 2.14. The molecule has 0 aliphatic heterocycles. The van der Waals surface area contributed by atoms with Gasteiger partial charge in [0.25, 0.3) is 0 Å². The summed E-state index contributed by atoms with van der Waals surface area (Å²) in [5, 5.41) is 2.75. The Morgan fingerprint density at radius 2 is 2.00 bits per heavy atom. The Morgan fingerprint density at radius 3 is 2.58 bits per heavy atom. The van der Waals surface area contributed by atoms with Gasteiger partial charge in [-0.2, -0.15) is 0 Å². The van der Waals surface area contributed by atoms with Crippen molar-refractivity contribution < 1.29 is 4.79 Å². The maximum absolute atomic E-state index is 11.1. The van der Waals surface area contributed by atoms with Crippen LogP contribution in [0.25, 0.3) is 0 Å². The fraction of sp³-hybridized carbons (Fsp3) is 0.143. The largest absolute Gasteiger partial charge is 0.352 e. The van der Waals surface area contributed by atoms with Crippen LogP contribution in [0.3, 0.4) is 0 Å². The zero-order chi connectivity index (χ0) is 13.7. The van der Waals surface area contributed by atoms with Gasteiger partial charge in [-0.25, -0.2) is 4.79 Å². The number of benzene rings is 1. The van der Waals surface area contributed by atoms with Gasteiger partial charge in [0.2, 0.25) is 0 Å². The minimum Gasteiger partial charge on any atom is -0.352 e. The summed E-state index contributed by atoms with van der Waals surface area (Å²) in [6, 6.07) is 12.8. The quantitative estimate of drug-likeness (QED) is 0.909. The Labute approximate surface area is 120 Å². The van der Waals surface area contributed by atoms with Crippen LogP contribution in [0.15, 0.2) is 53.1 Å². The number of aromatic nitrogens is 1. The standard InChI is InChI=1S/C14H14BrN3O/c15-11-6-4-10(5-7-11)13(18-14(16)19)9-12-3-1-2-8-17-12/h1-8,13H,9H2,(H3,16,18,19). The second-order valence-corrected chi connectivity index (χ2v) is 5.05. The molecule has 19 heavy (non-hydrogen) atoms.